The molecular formula is C22H23ClF3N5O. The van der Waals surface area contributed by atoms with Gasteiger partial charge in [-0.2, -0.15) is 9.97 Å². The van der Waals surface area contributed by atoms with E-state index >= 15 is 0 Å². The van der Waals surface area contributed by atoms with Gasteiger partial charge in [-0.15, -0.1) is 0 Å². The number of anilines is 1. The van der Waals surface area contributed by atoms with E-state index in [-0.39, 0.29) is 35.6 Å². The Morgan fingerprint density at radius 2 is 2.19 bits per heavy atom. The minimum Gasteiger partial charge on any atom is -0.461 e. The first-order chi connectivity index (χ1) is 16.2. The first-order valence-electron chi connectivity index (χ1n) is 11.9. The van der Waals surface area contributed by atoms with Crippen LogP contribution in [-0.2, 0) is 0 Å². The van der Waals surface area contributed by atoms with Gasteiger partial charge in [0, 0.05) is 31.6 Å². The van der Waals surface area contributed by atoms with Gasteiger partial charge in [-0.3, -0.25) is 4.90 Å². The maximum atomic E-state index is 15.0. The first-order valence-corrected chi connectivity index (χ1v) is 11.3. The Kier molecular flexibility index (Phi) is 4.26. The summed E-state index contributed by atoms with van der Waals surface area (Å²) in [6.07, 6.45) is 4.62. The third kappa shape index (κ3) is 3.15. The highest BCUT2D eigenvalue weighted by Crippen LogP contribution is 2.46. The molecule has 3 fully saturated rings. The quantitative estimate of drug-likeness (QED) is 0.502. The Morgan fingerprint density at radius 3 is 3.06 bits per heavy atom. The van der Waals surface area contributed by atoms with Gasteiger partial charge in [0.2, 0.25) is 0 Å². The number of rotatable bonds is 4. The fourth-order valence-corrected chi connectivity index (χ4v) is 5.54. The molecule has 2 aromatic rings. The molecule has 0 spiro atoms. The average Bonchev–Trinajstić information content (AvgIpc) is 3.14. The highest BCUT2D eigenvalue weighted by atomic mass is 35.5. The van der Waals surface area contributed by atoms with Crippen molar-refractivity contribution in [3.05, 3.63) is 29.3 Å². The molecule has 6 nitrogen and oxygen atoms in total. The molecule has 2 saturated heterocycles. The second kappa shape index (κ2) is 7.45. The highest BCUT2D eigenvalue weighted by Gasteiger charge is 2.54. The fraction of sp³-hybridized carbons (Fsp3) is 0.591. The number of nitrogens with zero attached hydrogens (tertiary/aromatic N) is 5. The van der Waals surface area contributed by atoms with E-state index < -0.39 is 47.5 Å². The van der Waals surface area contributed by atoms with Crippen molar-refractivity contribution >= 4 is 28.3 Å². The van der Waals surface area contributed by atoms with E-state index in [2.05, 4.69) is 15.0 Å². The summed E-state index contributed by atoms with van der Waals surface area (Å²) in [6, 6.07) is -0.867. The lowest BCUT2D eigenvalue weighted by Gasteiger charge is -2.31. The predicted molar refractivity (Wildman–Crippen MR) is 114 cm³/mol. The van der Waals surface area contributed by atoms with Gasteiger partial charge in [-0.05, 0) is 25.8 Å². The van der Waals surface area contributed by atoms with Gasteiger partial charge < -0.3 is 9.64 Å². The molecule has 1 aliphatic carbocycles. The number of fused-ring (bicyclic) bond motifs is 3. The van der Waals surface area contributed by atoms with Gasteiger partial charge >= 0.3 is 6.01 Å². The van der Waals surface area contributed by atoms with Crippen LogP contribution in [0.3, 0.4) is 0 Å². The zero-order chi connectivity index (χ0) is 23.8. The minimum absolute atomic E-state index is 0.00434. The van der Waals surface area contributed by atoms with Crippen molar-refractivity contribution in [3.63, 3.8) is 0 Å². The van der Waals surface area contributed by atoms with E-state index in [4.69, 9.17) is 19.1 Å². The van der Waals surface area contributed by atoms with Gasteiger partial charge in [0.15, 0.2) is 11.0 Å². The first kappa shape index (κ1) is 18.3. The molecule has 3 aliphatic heterocycles. The summed E-state index contributed by atoms with van der Waals surface area (Å²) >= 11 is 5.90. The van der Waals surface area contributed by atoms with Crippen molar-refractivity contribution < 1.29 is 20.6 Å². The smallest absolute Gasteiger partial charge is 0.319 e. The zero-order valence-electron chi connectivity index (χ0n) is 19.1. The molecule has 5 heterocycles. The van der Waals surface area contributed by atoms with Crippen LogP contribution >= 0.6 is 11.6 Å². The molecule has 0 bridgehead atoms. The van der Waals surface area contributed by atoms with E-state index in [9.17, 15) is 13.2 Å². The summed E-state index contributed by atoms with van der Waals surface area (Å²) in [7, 11) is 0. The summed E-state index contributed by atoms with van der Waals surface area (Å²) in [5, 5.41) is -0.159. The van der Waals surface area contributed by atoms with Gasteiger partial charge in [0.25, 0.3) is 0 Å². The molecule has 0 amide bonds. The lowest BCUT2D eigenvalue weighted by Crippen LogP contribution is -2.43. The maximum absolute atomic E-state index is 15.0. The molecule has 4 aliphatic rings. The minimum atomic E-state index is -2.34. The molecule has 0 radical (unpaired) electrons. The van der Waals surface area contributed by atoms with E-state index in [1.165, 1.54) is 6.20 Å². The number of halogens is 4. The summed E-state index contributed by atoms with van der Waals surface area (Å²) in [5.41, 5.74) is -1.34. The Labute approximate surface area is 191 Å². The maximum Gasteiger partial charge on any atom is 0.319 e. The second-order valence-corrected chi connectivity index (χ2v) is 9.32. The summed E-state index contributed by atoms with van der Waals surface area (Å²) < 4.78 is 67.0. The van der Waals surface area contributed by atoms with Crippen LogP contribution < -0.4 is 9.64 Å². The van der Waals surface area contributed by atoms with E-state index in [0.717, 1.165) is 6.42 Å². The average molecular weight is 468 g/mol. The number of alkyl halides is 2. The van der Waals surface area contributed by atoms with E-state index in [0.29, 0.717) is 25.9 Å². The van der Waals surface area contributed by atoms with Crippen molar-refractivity contribution in [2.75, 3.05) is 31.1 Å². The lowest BCUT2D eigenvalue weighted by atomic mass is 9.95. The SMILES string of the molecule is [2H]C([2H])(Oc1nc(N2CCC=C[C@H]3[C@H](F)[C@H]32)c2cnc(Cl)c(F)c2n1)[C@@]12CCCN1C[C@H](F)C2. The van der Waals surface area contributed by atoms with E-state index in [1.54, 1.807) is 9.80 Å². The van der Waals surface area contributed by atoms with E-state index in [1.807, 2.05) is 12.2 Å². The molecule has 170 valence electrons. The van der Waals surface area contributed by atoms with Gasteiger partial charge in [0.05, 0.1) is 19.7 Å². The number of aromatic nitrogens is 3. The Hall–Kier alpha value is -2.13. The number of ether oxygens (including phenoxy) is 1. The third-order valence-corrected chi connectivity index (χ3v) is 7.27. The molecule has 0 unspecified atom stereocenters. The van der Waals surface area contributed by atoms with Crippen LogP contribution in [0.25, 0.3) is 10.9 Å². The van der Waals surface area contributed by atoms with Crippen LogP contribution in [0.2, 0.25) is 5.15 Å². The van der Waals surface area contributed by atoms with Crippen LogP contribution in [0, 0.1) is 11.7 Å². The van der Waals surface area contributed by atoms with Gasteiger partial charge in [0.1, 0.15) is 30.2 Å². The second-order valence-electron chi connectivity index (χ2n) is 8.96. The standard InChI is InChI=1S/C22H23ClF3N5O/c23-19-16(26)17-14(9-27-19)20(31-7-2-1-4-13-15(25)18(13)31)29-21(28-17)32-11-22-5-3-6-30(22)10-12(24)8-22/h1,4,9,12-13,15,18H,2-3,5-8,10-11H2/t12-,13+,15+,18+,22+/m1/s1/i11D2. The third-order valence-electron chi connectivity index (χ3n) is 7.01. The Morgan fingerprint density at radius 1 is 1.31 bits per heavy atom. The topological polar surface area (TPSA) is 54.4 Å². The van der Waals surface area contributed by atoms with Crippen molar-refractivity contribution in [2.24, 2.45) is 5.92 Å². The van der Waals surface area contributed by atoms with Crippen LogP contribution in [0.15, 0.2) is 18.3 Å². The van der Waals surface area contributed by atoms with Gasteiger partial charge in [-0.1, -0.05) is 23.8 Å². The monoisotopic (exact) mass is 467 g/mol. The molecule has 0 aromatic carbocycles. The van der Waals surface area contributed by atoms with Crippen LogP contribution in [0.4, 0.5) is 19.0 Å². The van der Waals surface area contributed by atoms with Crippen molar-refractivity contribution in [1.82, 2.24) is 19.9 Å². The summed E-state index contributed by atoms with van der Waals surface area (Å²) in [6.45, 7) is -1.19. The molecule has 2 aromatic heterocycles. The summed E-state index contributed by atoms with van der Waals surface area (Å²) in [4.78, 5) is 16.0. The molecule has 0 N–H and O–H groups in total. The fourth-order valence-electron chi connectivity index (χ4n) is 5.41. The van der Waals surface area contributed by atoms with Gasteiger partial charge in [-0.25, -0.2) is 18.2 Å². The molecule has 10 heteroatoms. The van der Waals surface area contributed by atoms with Crippen LogP contribution in [0.5, 0.6) is 6.01 Å². The lowest BCUT2D eigenvalue weighted by molar-refractivity contribution is 0.107. The molecule has 32 heavy (non-hydrogen) atoms. The largest absolute Gasteiger partial charge is 0.461 e. The van der Waals surface area contributed by atoms with Crippen molar-refractivity contribution in [2.45, 2.75) is 49.6 Å². The molecule has 6 rings (SSSR count). The van der Waals surface area contributed by atoms with Crippen LogP contribution in [0.1, 0.15) is 28.4 Å². The zero-order valence-corrected chi connectivity index (χ0v) is 17.9. The Bertz CT molecular complexity index is 1190. The normalized spacial score (nSPS) is 35.3. The number of hydrogen-bond acceptors (Lipinski definition) is 6. The summed E-state index contributed by atoms with van der Waals surface area (Å²) in [5.74, 6) is -0.969. The van der Waals surface area contributed by atoms with Crippen molar-refractivity contribution in [3.8, 4) is 6.01 Å². The number of hydrogen-bond donors (Lipinski definition) is 0. The van der Waals surface area contributed by atoms with Crippen LogP contribution in [-0.4, -0.2) is 70.0 Å². The van der Waals surface area contributed by atoms with Crippen molar-refractivity contribution in [1.29, 1.82) is 0 Å². The number of pyridine rings is 1. The molecule has 1 saturated carbocycles. The molecular weight excluding hydrogens is 443 g/mol. The molecule has 5 atom stereocenters. The highest BCUT2D eigenvalue weighted by molar-refractivity contribution is 6.30. The Balaban J connectivity index is 1.44. The predicted octanol–water partition coefficient (Wildman–Crippen LogP) is 3.88.